The van der Waals surface area contributed by atoms with Gasteiger partial charge in [0.1, 0.15) is 0 Å². The first-order valence-electron chi connectivity index (χ1n) is 8.91. The van der Waals surface area contributed by atoms with Crippen LogP contribution in [0, 0.1) is 0 Å². The smallest absolute Gasteiger partial charge is 0.303 e. The Labute approximate surface area is 150 Å². The van der Waals surface area contributed by atoms with Crippen molar-refractivity contribution in [1.82, 2.24) is 0 Å². The molecule has 0 unspecified atom stereocenters. The molecule has 0 spiro atoms. The quantitative estimate of drug-likeness (QED) is 0.284. The van der Waals surface area contributed by atoms with Crippen LogP contribution in [-0.4, -0.2) is 44.7 Å². The third-order valence-electron chi connectivity index (χ3n) is 3.59. The van der Waals surface area contributed by atoms with Crippen molar-refractivity contribution < 1.29 is 25.2 Å². The van der Waals surface area contributed by atoms with Gasteiger partial charge in [0.25, 0.3) is 0 Å². The van der Waals surface area contributed by atoms with E-state index in [0.717, 1.165) is 19.3 Å². The number of aliphatic carboxylic acids is 1. The molecule has 0 aromatic rings. The Bertz CT molecular complexity index is 451. The third kappa shape index (κ3) is 15.6. The molecule has 0 aromatic carbocycles. The lowest BCUT2D eigenvalue weighted by atomic mass is 10.1. The van der Waals surface area contributed by atoms with E-state index in [4.69, 9.17) is 5.11 Å². The van der Waals surface area contributed by atoms with Gasteiger partial charge in [-0.25, -0.2) is 0 Å². The van der Waals surface area contributed by atoms with E-state index in [1.165, 1.54) is 0 Å². The Morgan fingerprint density at radius 1 is 0.840 bits per heavy atom. The molecule has 0 aromatic heterocycles. The number of rotatable bonds is 14. The second-order valence-electron chi connectivity index (χ2n) is 5.95. The third-order valence-corrected chi connectivity index (χ3v) is 3.59. The van der Waals surface area contributed by atoms with Crippen LogP contribution in [0.1, 0.15) is 51.9 Å². The summed E-state index contributed by atoms with van der Waals surface area (Å²) in [6.45, 7) is 2.09. The maximum absolute atomic E-state index is 10.4. The summed E-state index contributed by atoms with van der Waals surface area (Å²) in [6, 6.07) is 0. The zero-order valence-electron chi connectivity index (χ0n) is 15.0. The van der Waals surface area contributed by atoms with Crippen molar-refractivity contribution in [3.8, 4) is 0 Å². The molecule has 0 saturated heterocycles. The Balaban J connectivity index is 3.96. The molecule has 0 aliphatic heterocycles. The molecule has 142 valence electrons. The molecular formula is C20H32O5. The average Bonchev–Trinajstić information content (AvgIpc) is 2.56. The highest BCUT2D eigenvalue weighted by Gasteiger charge is 2.11. The van der Waals surface area contributed by atoms with Gasteiger partial charge in [-0.1, -0.05) is 74.8 Å². The summed E-state index contributed by atoms with van der Waals surface area (Å²) in [6.07, 6.45) is 16.0. The van der Waals surface area contributed by atoms with Crippen molar-refractivity contribution in [2.45, 2.75) is 70.2 Å². The average molecular weight is 352 g/mol. The number of carboxylic acids is 1. The van der Waals surface area contributed by atoms with Gasteiger partial charge < -0.3 is 20.4 Å². The molecule has 0 heterocycles. The van der Waals surface area contributed by atoms with E-state index < -0.39 is 24.3 Å². The number of carboxylic acid groups (broad SMARTS) is 1. The van der Waals surface area contributed by atoms with Crippen LogP contribution >= 0.6 is 0 Å². The predicted molar refractivity (Wildman–Crippen MR) is 100 cm³/mol. The Kier molecular flexibility index (Phi) is 14.7. The van der Waals surface area contributed by atoms with Crippen LogP contribution in [0.25, 0.3) is 0 Å². The van der Waals surface area contributed by atoms with Gasteiger partial charge in [-0.05, 0) is 19.3 Å². The minimum Gasteiger partial charge on any atom is -0.481 e. The van der Waals surface area contributed by atoms with Gasteiger partial charge in [0.05, 0.1) is 18.3 Å². The highest BCUT2D eigenvalue weighted by Crippen LogP contribution is 2.07. The second kappa shape index (κ2) is 15.8. The van der Waals surface area contributed by atoms with Crippen LogP contribution in [0.3, 0.4) is 0 Å². The fourth-order valence-electron chi connectivity index (χ4n) is 2.09. The molecule has 3 atom stereocenters. The predicted octanol–water partition coefficient (Wildman–Crippen LogP) is 3.13. The summed E-state index contributed by atoms with van der Waals surface area (Å²) < 4.78 is 0. The molecule has 0 rings (SSSR count). The molecule has 0 bridgehead atoms. The molecule has 4 N–H and O–H groups in total. The van der Waals surface area contributed by atoms with Crippen molar-refractivity contribution in [2.24, 2.45) is 0 Å². The van der Waals surface area contributed by atoms with Crippen molar-refractivity contribution >= 4 is 5.97 Å². The molecule has 25 heavy (non-hydrogen) atoms. The number of unbranched alkanes of at least 4 members (excludes halogenated alkanes) is 2. The summed E-state index contributed by atoms with van der Waals surface area (Å²) in [5, 5.41) is 37.6. The minimum atomic E-state index is -0.855. The Morgan fingerprint density at radius 2 is 1.44 bits per heavy atom. The van der Waals surface area contributed by atoms with Crippen molar-refractivity contribution in [3.63, 3.8) is 0 Å². The zero-order chi connectivity index (χ0) is 18.9. The fourth-order valence-corrected chi connectivity index (χ4v) is 2.09. The summed E-state index contributed by atoms with van der Waals surface area (Å²) in [4.78, 5) is 10.4. The van der Waals surface area contributed by atoms with E-state index in [9.17, 15) is 20.1 Å². The molecule has 5 nitrogen and oxygen atoms in total. The minimum absolute atomic E-state index is 0.0644. The Hall–Kier alpha value is -1.69. The number of aliphatic hydroxyl groups excluding tert-OH is 3. The van der Waals surface area contributed by atoms with E-state index in [-0.39, 0.29) is 6.42 Å². The molecule has 0 saturated carbocycles. The monoisotopic (exact) mass is 352 g/mol. The molecule has 5 heteroatoms. The largest absolute Gasteiger partial charge is 0.481 e. The van der Waals surface area contributed by atoms with E-state index >= 15 is 0 Å². The van der Waals surface area contributed by atoms with Gasteiger partial charge in [-0.15, -0.1) is 0 Å². The van der Waals surface area contributed by atoms with Crippen LogP contribution in [0.2, 0.25) is 0 Å². The summed E-state index contributed by atoms with van der Waals surface area (Å²) in [7, 11) is 0. The maximum Gasteiger partial charge on any atom is 0.303 e. The van der Waals surface area contributed by atoms with Crippen molar-refractivity contribution in [2.75, 3.05) is 0 Å². The maximum atomic E-state index is 10.4. The van der Waals surface area contributed by atoms with E-state index in [2.05, 4.69) is 6.92 Å². The number of carbonyl (C=O) groups is 1. The normalized spacial score (nSPS) is 16.3. The van der Waals surface area contributed by atoms with Crippen molar-refractivity contribution in [1.29, 1.82) is 0 Å². The summed E-state index contributed by atoms with van der Waals surface area (Å²) in [5.41, 5.74) is 0. The van der Waals surface area contributed by atoms with E-state index in [1.54, 1.807) is 48.6 Å². The van der Waals surface area contributed by atoms with E-state index in [0.29, 0.717) is 19.3 Å². The molecule has 0 aliphatic rings. The fraction of sp³-hybridized carbons (Fsp3) is 0.550. The van der Waals surface area contributed by atoms with Gasteiger partial charge >= 0.3 is 5.97 Å². The van der Waals surface area contributed by atoms with Gasteiger partial charge in [-0.2, -0.15) is 0 Å². The SMILES string of the molecule is CCCCC[C@H](O)[C@H](O)/C=C/C=C/C=C/C=C/[C@@H](O)CCCC(=O)O. The molecule has 0 aliphatic carbocycles. The van der Waals surface area contributed by atoms with Crippen LogP contribution in [0.15, 0.2) is 48.6 Å². The molecule has 0 radical (unpaired) electrons. The first-order valence-corrected chi connectivity index (χ1v) is 8.91. The van der Waals surface area contributed by atoms with Gasteiger partial charge in [0.2, 0.25) is 0 Å². The van der Waals surface area contributed by atoms with Crippen LogP contribution in [-0.2, 0) is 4.79 Å². The molecule has 0 fully saturated rings. The lowest BCUT2D eigenvalue weighted by Crippen LogP contribution is -2.23. The zero-order valence-corrected chi connectivity index (χ0v) is 15.0. The topological polar surface area (TPSA) is 98.0 Å². The van der Waals surface area contributed by atoms with Crippen LogP contribution in [0.5, 0.6) is 0 Å². The van der Waals surface area contributed by atoms with Gasteiger partial charge in [0, 0.05) is 6.42 Å². The lowest BCUT2D eigenvalue weighted by Gasteiger charge is -2.13. The first kappa shape index (κ1) is 23.3. The van der Waals surface area contributed by atoms with Crippen molar-refractivity contribution in [3.05, 3.63) is 48.6 Å². The first-order chi connectivity index (χ1) is 12.0. The number of allylic oxidation sites excluding steroid dienone is 6. The number of aliphatic hydroxyl groups is 3. The van der Waals surface area contributed by atoms with E-state index in [1.807, 2.05) is 0 Å². The van der Waals surface area contributed by atoms with Crippen LogP contribution < -0.4 is 0 Å². The summed E-state index contributed by atoms with van der Waals surface area (Å²) >= 11 is 0. The molecule has 0 amide bonds. The van der Waals surface area contributed by atoms with Crippen LogP contribution in [0.4, 0.5) is 0 Å². The lowest BCUT2D eigenvalue weighted by molar-refractivity contribution is -0.137. The van der Waals surface area contributed by atoms with Gasteiger partial charge in [-0.3, -0.25) is 4.79 Å². The molecular weight excluding hydrogens is 320 g/mol. The number of hydrogen-bond acceptors (Lipinski definition) is 4. The second-order valence-corrected chi connectivity index (χ2v) is 5.95. The standard InChI is InChI=1S/C20H32O5/c1-2-3-8-14-18(22)19(23)15-10-7-5-4-6-9-12-17(21)13-11-16-20(24)25/h4-7,9-10,12,15,17-19,21-23H,2-3,8,11,13-14,16H2,1H3,(H,24,25)/b6-4+,7-5+,12-9+,15-10+/t17-,18+,19-/m1/s1. The number of hydrogen-bond donors (Lipinski definition) is 4. The highest BCUT2D eigenvalue weighted by molar-refractivity contribution is 5.66. The van der Waals surface area contributed by atoms with Gasteiger partial charge in [0.15, 0.2) is 0 Å². The Morgan fingerprint density at radius 3 is 2.04 bits per heavy atom. The highest BCUT2D eigenvalue weighted by atomic mass is 16.4. The summed E-state index contributed by atoms with van der Waals surface area (Å²) in [5.74, 6) is -0.854.